The predicted molar refractivity (Wildman–Crippen MR) is 111 cm³/mol. The van der Waals surface area contributed by atoms with Gasteiger partial charge in [-0.05, 0) is 37.3 Å². The van der Waals surface area contributed by atoms with Gasteiger partial charge in [0.25, 0.3) is 6.01 Å². The molecule has 0 aliphatic heterocycles. The number of benzene rings is 1. The molecule has 8 nitrogen and oxygen atoms in total. The average molecular weight is 397 g/mol. The van der Waals surface area contributed by atoms with Crippen LogP contribution in [0.25, 0.3) is 11.2 Å². The average Bonchev–Trinajstić information content (AvgIpc) is 3.06. The van der Waals surface area contributed by atoms with Crippen LogP contribution in [0.2, 0.25) is 0 Å². The summed E-state index contributed by atoms with van der Waals surface area (Å²) in [5.74, 6) is 0.769. The molecule has 2 aromatic heterocycles. The van der Waals surface area contributed by atoms with Gasteiger partial charge in [0, 0.05) is 6.54 Å². The fraction of sp³-hybridized carbons (Fsp3) is 0.429. The van der Waals surface area contributed by atoms with Crippen LogP contribution in [0.3, 0.4) is 0 Å². The van der Waals surface area contributed by atoms with Crippen molar-refractivity contribution in [2.45, 2.75) is 45.6 Å². The first kappa shape index (κ1) is 20.6. The summed E-state index contributed by atoms with van der Waals surface area (Å²) in [6.45, 7) is 2.56. The van der Waals surface area contributed by atoms with Gasteiger partial charge in [0.15, 0.2) is 17.0 Å². The Morgan fingerprint density at radius 3 is 2.66 bits per heavy atom. The van der Waals surface area contributed by atoms with Crippen LogP contribution in [0.4, 0.5) is 5.82 Å². The normalized spacial score (nSPS) is 11.0. The SMILES string of the molecule is COC(=O)Cc1cccc(CCCCCn2c(OC)nc3c(N)nc(C)nc32)c1. The van der Waals surface area contributed by atoms with Crippen LogP contribution < -0.4 is 10.5 Å². The summed E-state index contributed by atoms with van der Waals surface area (Å²) in [5, 5.41) is 0. The van der Waals surface area contributed by atoms with Crippen molar-refractivity contribution in [1.29, 1.82) is 0 Å². The molecule has 3 rings (SSSR count). The first-order chi connectivity index (χ1) is 14.0. The number of imidazole rings is 1. The molecule has 0 aliphatic rings. The zero-order chi connectivity index (χ0) is 20.8. The lowest BCUT2D eigenvalue weighted by atomic mass is 10.0. The number of aromatic nitrogens is 4. The number of esters is 1. The number of hydrogen-bond acceptors (Lipinski definition) is 7. The van der Waals surface area contributed by atoms with Gasteiger partial charge in [0.2, 0.25) is 0 Å². The smallest absolute Gasteiger partial charge is 0.309 e. The standard InChI is InChI=1S/C21H27N5O3/c1-14-23-19(22)18-20(24-14)26(21(25-18)29-3)11-6-4-5-8-15-9-7-10-16(12-15)13-17(27)28-2/h7,9-10,12H,4-6,8,11,13H2,1-3H3,(H2,22,23,24). The third kappa shape index (κ3) is 5.01. The second-order valence-electron chi connectivity index (χ2n) is 6.96. The highest BCUT2D eigenvalue weighted by Gasteiger charge is 2.16. The Kier molecular flexibility index (Phi) is 6.64. The highest BCUT2D eigenvalue weighted by Crippen LogP contribution is 2.24. The molecule has 0 aliphatic carbocycles. The summed E-state index contributed by atoms with van der Waals surface area (Å²) in [4.78, 5) is 24.5. The molecule has 0 saturated carbocycles. The Morgan fingerprint density at radius 2 is 1.90 bits per heavy atom. The number of nitrogens with zero attached hydrogens (tertiary/aromatic N) is 4. The molecule has 0 unspecified atom stereocenters. The second kappa shape index (κ2) is 9.36. The van der Waals surface area contributed by atoms with E-state index in [9.17, 15) is 4.79 Å². The molecule has 0 spiro atoms. The molecule has 8 heteroatoms. The minimum Gasteiger partial charge on any atom is -0.469 e. The number of methoxy groups -OCH3 is 2. The zero-order valence-corrected chi connectivity index (χ0v) is 17.1. The van der Waals surface area contributed by atoms with Crippen molar-refractivity contribution in [3.8, 4) is 6.01 Å². The predicted octanol–water partition coefficient (Wildman–Crippen LogP) is 2.85. The Labute approximate surface area is 170 Å². The third-order valence-corrected chi connectivity index (χ3v) is 4.80. The van der Waals surface area contributed by atoms with E-state index in [4.69, 9.17) is 15.2 Å². The Balaban J connectivity index is 1.56. The number of nitrogens with two attached hydrogens (primary N) is 1. The molecule has 154 valence electrons. The van der Waals surface area contributed by atoms with Crippen LogP contribution in [0.1, 0.15) is 36.2 Å². The minimum absolute atomic E-state index is 0.219. The van der Waals surface area contributed by atoms with Gasteiger partial charge in [-0.15, -0.1) is 0 Å². The lowest BCUT2D eigenvalue weighted by molar-refractivity contribution is -0.139. The summed E-state index contributed by atoms with van der Waals surface area (Å²) >= 11 is 0. The molecule has 3 aromatic rings. The zero-order valence-electron chi connectivity index (χ0n) is 17.1. The minimum atomic E-state index is -0.219. The Bertz CT molecular complexity index is 999. The Morgan fingerprint density at radius 1 is 1.10 bits per heavy atom. The van der Waals surface area contributed by atoms with Crippen LogP contribution in [0.5, 0.6) is 6.01 Å². The van der Waals surface area contributed by atoms with Crippen molar-refractivity contribution < 1.29 is 14.3 Å². The summed E-state index contributed by atoms with van der Waals surface area (Å²) < 4.78 is 12.1. The molecule has 0 amide bonds. The van der Waals surface area contributed by atoms with E-state index in [-0.39, 0.29) is 5.97 Å². The number of unbranched alkanes of at least 4 members (excludes halogenated alkanes) is 2. The number of nitrogen functional groups attached to an aromatic ring is 1. The number of carbonyl (C=O) groups is 1. The van der Waals surface area contributed by atoms with Gasteiger partial charge in [0.1, 0.15) is 5.82 Å². The van der Waals surface area contributed by atoms with Gasteiger partial charge in [-0.1, -0.05) is 30.7 Å². The lowest BCUT2D eigenvalue weighted by Crippen LogP contribution is -2.05. The maximum atomic E-state index is 11.4. The van der Waals surface area contributed by atoms with E-state index in [0.29, 0.717) is 35.2 Å². The van der Waals surface area contributed by atoms with Crippen LogP contribution in [0, 0.1) is 6.92 Å². The number of ether oxygens (including phenoxy) is 2. The van der Waals surface area contributed by atoms with Crippen LogP contribution in [-0.2, 0) is 28.9 Å². The molecule has 2 N–H and O–H groups in total. The van der Waals surface area contributed by atoms with Gasteiger partial charge in [-0.25, -0.2) is 9.97 Å². The van der Waals surface area contributed by atoms with Gasteiger partial charge in [0.05, 0.1) is 20.6 Å². The molecule has 0 atom stereocenters. The van der Waals surface area contributed by atoms with Gasteiger partial charge >= 0.3 is 5.97 Å². The molecular weight excluding hydrogens is 370 g/mol. The monoisotopic (exact) mass is 397 g/mol. The molecule has 0 bridgehead atoms. The van der Waals surface area contributed by atoms with Crippen LogP contribution in [0.15, 0.2) is 24.3 Å². The fourth-order valence-electron chi connectivity index (χ4n) is 3.38. The van der Waals surface area contributed by atoms with E-state index >= 15 is 0 Å². The summed E-state index contributed by atoms with van der Waals surface area (Å²) in [7, 11) is 3.00. The van der Waals surface area contributed by atoms with E-state index in [1.54, 1.807) is 7.11 Å². The molecular formula is C21H27N5O3. The van der Waals surface area contributed by atoms with E-state index in [0.717, 1.165) is 37.8 Å². The summed E-state index contributed by atoms with van der Waals surface area (Å²) in [6.07, 6.45) is 4.33. The van der Waals surface area contributed by atoms with Crippen molar-refractivity contribution in [1.82, 2.24) is 19.5 Å². The van der Waals surface area contributed by atoms with E-state index in [1.165, 1.54) is 12.7 Å². The number of fused-ring (bicyclic) bond motifs is 1. The van der Waals surface area contributed by atoms with Gasteiger partial charge in [-0.3, -0.25) is 9.36 Å². The van der Waals surface area contributed by atoms with E-state index < -0.39 is 0 Å². The molecule has 0 saturated heterocycles. The van der Waals surface area contributed by atoms with Crippen LogP contribution >= 0.6 is 0 Å². The van der Waals surface area contributed by atoms with Crippen molar-refractivity contribution in [2.24, 2.45) is 0 Å². The van der Waals surface area contributed by atoms with Gasteiger partial charge < -0.3 is 15.2 Å². The van der Waals surface area contributed by atoms with E-state index in [1.807, 2.05) is 23.6 Å². The fourth-order valence-corrected chi connectivity index (χ4v) is 3.38. The lowest BCUT2D eigenvalue weighted by Gasteiger charge is -2.08. The quantitative estimate of drug-likeness (QED) is 0.437. The molecule has 29 heavy (non-hydrogen) atoms. The van der Waals surface area contributed by atoms with Gasteiger partial charge in [-0.2, -0.15) is 4.98 Å². The van der Waals surface area contributed by atoms with E-state index in [2.05, 4.69) is 27.1 Å². The topological polar surface area (TPSA) is 105 Å². The largest absolute Gasteiger partial charge is 0.469 e. The van der Waals surface area contributed by atoms with Crippen molar-refractivity contribution >= 4 is 23.0 Å². The van der Waals surface area contributed by atoms with Crippen molar-refractivity contribution in [3.05, 3.63) is 41.2 Å². The molecule has 1 aromatic carbocycles. The Hall–Kier alpha value is -3.16. The number of hydrogen-bond donors (Lipinski definition) is 1. The molecule has 0 fully saturated rings. The van der Waals surface area contributed by atoms with Crippen molar-refractivity contribution in [3.63, 3.8) is 0 Å². The van der Waals surface area contributed by atoms with Crippen LogP contribution in [-0.4, -0.2) is 39.7 Å². The highest BCUT2D eigenvalue weighted by atomic mass is 16.5. The number of rotatable bonds is 9. The highest BCUT2D eigenvalue weighted by molar-refractivity contribution is 5.82. The third-order valence-electron chi connectivity index (χ3n) is 4.80. The van der Waals surface area contributed by atoms with Crippen molar-refractivity contribution in [2.75, 3.05) is 20.0 Å². The molecule has 2 heterocycles. The first-order valence-electron chi connectivity index (χ1n) is 9.70. The first-order valence-corrected chi connectivity index (χ1v) is 9.70. The number of aryl methyl sites for hydroxylation is 3. The maximum Gasteiger partial charge on any atom is 0.309 e. The second-order valence-corrected chi connectivity index (χ2v) is 6.96. The molecule has 0 radical (unpaired) electrons. The number of carbonyl (C=O) groups excluding carboxylic acids is 1. The summed E-state index contributed by atoms with van der Waals surface area (Å²) in [5.41, 5.74) is 9.48. The number of anilines is 1. The maximum absolute atomic E-state index is 11.4. The summed E-state index contributed by atoms with van der Waals surface area (Å²) in [6, 6.07) is 8.61.